The van der Waals surface area contributed by atoms with E-state index in [0.29, 0.717) is 0 Å². The van der Waals surface area contributed by atoms with Gasteiger partial charge in [0.1, 0.15) is 19.3 Å². The molecule has 1 unspecified atom stereocenters. The van der Waals surface area contributed by atoms with Crippen LogP contribution in [-0.4, -0.2) is 58.6 Å². The fraction of sp³-hybridized carbons (Fsp3) is 0.850. The van der Waals surface area contributed by atoms with Gasteiger partial charge in [0.05, 0.1) is 6.42 Å². The van der Waals surface area contributed by atoms with Crippen LogP contribution >= 0.6 is 0 Å². The van der Waals surface area contributed by atoms with E-state index < -0.39 is 43.1 Å². The lowest BCUT2D eigenvalue weighted by atomic mass is 10.1. The van der Waals surface area contributed by atoms with Crippen LogP contribution in [0.4, 0.5) is 0 Å². The number of carboxylic acid groups (broad SMARTS) is 1. The minimum Gasteiger partial charge on any atom is -0.481 e. The van der Waals surface area contributed by atoms with Crippen molar-refractivity contribution in [2.75, 3.05) is 13.2 Å². The second kappa shape index (κ2) is 17.4. The van der Waals surface area contributed by atoms with E-state index in [4.69, 9.17) is 9.84 Å². The Labute approximate surface area is 167 Å². The summed E-state index contributed by atoms with van der Waals surface area (Å²) in [5.41, 5.74) is 0. The van der Waals surface area contributed by atoms with Crippen molar-refractivity contribution >= 4 is 17.9 Å². The molecule has 0 saturated heterocycles. The van der Waals surface area contributed by atoms with Crippen LogP contribution in [0.2, 0.25) is 0 Å². The molecule has 8 heteroatoms. The minimum absolute atomic E-state index is 0.278. The van der Waals surface area contributed by atoms with Gasteiger partial charge in [0.2, 0.25) is 0 Å². The maximum absolute atomic E-state index is 11.6. The average molecular weight is 405 g/mol. The zero-order valence-corrected chi connectivity index (χ0v) is 16.9. The summed E-state index contributed by atoms with van der Waals surface area (Å²) in [5.74, 6) is -2.90. The zero-order valence-electron chi connectivity index (χ0n) is 16.9. The third-order valence-corrected chi connectivity index (χ3v) is 4.23. The molecule has 2 atom stereocenters. The van der Waals surface area contributed by atoms with E-state index in [0.717, 1.165) is 19.3 Å². The van der Waals surface area contributed by atoms with Gasteiger partial charge in [0.15, 0.2) is 6.10 Å². The molecular weight excluding hydrogens is 368 g/mol. The molecule has 0 spiro atoms. The summed E-state index contributed by atoms with van der Waals surface area (Å²) in [7, 11) is 0. The van der Waals surface area contributed by atoms with Crippen LogP contribution in [0, 0.1) is 0 Å². The molecule has 28 heavy (non-hydrogen) atoms. The number of aliphatic carboxylic acids is 1. The Morgan fingerprint density at radius 3 is 1.82 bits per heavy atom. The van der Waals surface area contributed by atoms with Crippen molar-refractivity contribution < 1.29 is 39.2 Å². The van der Waals surface area contributed by atoms with Crippen LogP contribution in [0.1, 0.15) is 84.0 Å². The molecule has 0 saturated carbocycles. The highest BCUT2D eigenvalue weighted by Gasteiger charge is 2.21. The average Bonchev–Trinajstić information content (AvgIpc) is 2.65. The quantitative estimate of drug-likeness (QED) is 0.235. The number of carbonyl (C=O) groups is 3. The van der Waals surface area contributed by atoms with E-state index in [1.54, 1.807) is 0 Å². The third kappa shape index (κ3) is 16.5. The largest absolute Gasteiger partial charge is 0.481 e. The highest BCUT2D eigenvalue weighted by atomic mass is 16.6. The van der Waals surface area contributed by atoms with Crippen LogP contribution in [0.3, 0.4) is 0 Å². The molecule has 0 aliphatic rings. The maximum atomic E-state index is 11.6. The van der Waals surface area contributed by atoms with E-state index in [1.807, 2.05) is 0 Å². The Kier molecular flexibility index (Phi) is 16.4. The molecule has 0 aromatic rings. The van der Waals surface area contributed by atoms with Gasteiger partial charge in [0.25, 0.3) is 0 Å². The molecule has 0 aromatic carbocycles. The Hall–Kier alpha value is -1.67. The van der Waals surface area contributed by atoms with Crippen LogP contribution in [0.25, 0.3) is 0 Å². The maximum Gasteiger partial charge on any atom is 0.335 e. The lowest BCUT2D eigenvalue weighted by molar-refractivity contribution is -0.162. The van der Waals surface area contributed by atoms with Crippen molar-refractivity contribution in [2.45, 2.75) is 96.2 Å². The summed E-state index contributed by atoms with van der Waals surface area (Å²) < 4.78 is 9.48. The Morgan fingerprint density at radius 1 is 0.786 bits per heavy atom. The first kappa shape index (κ1) is 26.3. The molecule has 0 heterocycles. The molecule has 8 nitrogen and oxygen atoms in total. The van der Waals surface area contributed by atoms with Crippen molar-refractivity contribution in [1.29, 1.82) is 0 Å². The van der Waals surface area contributed by atoms with E-state index in [1.165, 1.54) is 44.9 Å². The number of aliphatic hydroxyl groups excluding tert-OH is 2. The first-order valence-electron chi connectivity index (χ1n) is 10.3. The van der Waals surface area contributed by atoms with Gasteiger partial charge in [-0.15, -0.1) is 0 Å². The van der Waals surface area contributed by atoms with Crippen molar-refractivity contribution in [3.05, 3.63) is 0 Å². The number of ether oxygens (including phenoxy) is 2. The van der Waals surface area contributed by atoms with Gasteiger partial charge in [-0.1, -0.05) is 64.7 Å². The predicted octanol–water partition coefficient (Wildman–Crippen LogP) is 2.58. The Bertz CT molecular complexity index is 438. The molecule has 0 aliphatic heterocycles. The lowest BCUT2D eigenvalue weighted by Gasteiger charge is -2.13. The second-order valence-electron chi connectivity index (χ2n) is 7.01. The molecular formula is C20H36O8. The number of esters is 2. The topological polar surface area (TPSA) is 130 Å². The Balaban J connectivity index is 3.57. The number of unbranched alkanes of at least 4 members (excludes halogenated alkanes) is 9. The predicted molar refractivity (Wildman–Crippen MR) is 103 cm³/mol. The van der Waals surface area contributed by atoms with Gasteiger partial charge in [-0.3, -0.25) is 9.59 Å². The molecule has 0 bridgehead atoms. The standard InChI is InChI=1S/C20H36O8/c1-2-3-4-5-6-7-8-9-10-11-12-19(25)27-14-16(21)15-28-20(26)17(22)13-18(23)24/h16-17,21-22H,2-15H2,1H3,(H,23,24)/t16?,17-/m0/s1. The summed E-state index contributed by atoms with van der Waals surface area (Å²) in [6.07, 6.45) is 8.17. The van der Waals surface area contributed by atoms with E-state index in [9.17, 15) is 24.6 Å². The van der Waals surface area contributed by atoms with Crippen molar-refractivity contribution in [2.24, 2.45) is 0 Å². The van der Waals surface area contributed by atoms with E-state index >= 15 is 0 Å². The first-order valence-corrected chi connectivity index (χ1v) is 10.3. The molecule has 3 N–H and O–H groups in total. The minimum atomic E-state index is -1.79. The van der Waals surface area contributed by atoms with Gasteiger partial charge in [-0.05, 0) is 6.42 Å². The lowest BCUT2D eigenvalue weighted by Crippen LogP contribution is -2.31. The van der Waals surface area contributed by atoms with Crippen LogP contribution < -0.4 is 0 Å². The SMILES string of the molecule is CCCCCCCCCCCCC(=O)OCC(O)COC(=O)[C@@H](O)CC(=O)O. The number of carboxylic acids is 1. The van der Waals surface area contributed by atoms with Crippen LogP contribution in [0.5, 0.6) is 0 Å². The van der Waals surface area contributed by atoms with Gasteiger partial charge >= 0.3 is 17.9 Å². The van der Waals surface area contributed by atoms with Crippen LogP contribution in [0.15, 0.2) is 0 Å². The summed E-state index contributed by atoms with van der Waals surface area (Å²) in [4.78, 5) is 33.2. The normalized spacial score (nSPS) is 13.0. The fourth-order valence-corrected chi connectivity index (χ4v) is 2.59. The van der Waals surface area contributed by atoms with Gasteiger partial charge in [-0.2, -0.15) is 0 Å². The number of aliphatic hydroxyl groups is 2. The van der Waals surface area contributed by atoms with Crippen molar-refractivity contribution in [1.82, 2.24) is 0 Å². The molecule has 0 rings (SSSR count). The second-order valence-corrected chi connectivity index (χ2v) is 7.01. The van der Waals surface area contributed by atoms with Gasteiger partial charge in [0, 0.05) is 6.42 Å². The molecule has 164 valence electrons. The van der Waals surface area contributed by atoms with E-state index in [-0.39, 0.29) is 13.0 Å². The number of carbonyl (C=O) groups excluding carboxylic acids is 2. The van der Waals surface area contributed by atoms with E-state index in [2.05, 4.69) is 11.7 Å². The van der Waals surface area contributed by atoms with Crippen molar-refractivity contribution in [3.8, 4) is 0 Å². The van der Waals surface area contributed by atoms with Crippen molar-refractivity contribution in [3.63, 3.8) is 0 Å². The number of rotatable bonds is 18. The van der Waals surface area contributed by atoms with Gasteiger partial charge in [-0.25, -0.2) is 4.79 Å². The zero-order chi connectivity index (χ0) is 21.2. The monoisotopic (exact) mass is 404 g/mol. The number of hydrogen-bond donors (Lipinski definition) is 3. The third-order valence-electron chi connectivity index (χ3n) is 4.23. The van der Waals surface area contributed by atoms with Crippen LogP contribution in [-0.2, 0) is 23.9 Å². The molecule has 0 aromatic heterocycles. The number of hydrogen-bond acceptors (Lipinski definition) is 7. The summed E-state index contributed by atoms with van der Waals surface area (Å²) in [6.45, 7) is 1.40. The molecule has 0 amide bonds. The smallest absolute Gasteiger partial charge is 0.335 e. The highest BCUT2D eigenvalue weighted by Crippen LogP contribution is 2.11. The molecule has 0 radical (unpaired) electrons. The first-order chi connectivity index (χ1) is 13.4. The molecule has 0 fully saturated rings. The highest BCUT2D eigenvalue weighted by molar-refractivity contribution is 5.80. The summed E-state index contributed by atoms with van der Waals surface area (Å²) in [6, 6.07) is 0. The summed E-state index contributed by atoms with van der Waals surface area (Å²) in [5, 5.41) is 27.3. The van der Waals surface area contributed by atoms with Gasteiger partial charge < -0.3 is 24.8 Å². The Morgan fingerprint density at radius 2 is 1.29 bits per heavy atom. The summed E-state index contributed by atoms with van der Waals surface area (Å²) >= 11 is 0. The fourth-order valence-electron chi connectivity index (χ4n) is 2.59. The molecule has 0 aliphatic carbocycles.